The second-order valence-corrected chi connectivity index (χ2v) is 2.79. The Hall–Kier alpha value is -0.0800. The number of epoxide rings is 1. The highest BCUT2D eigenvalue weighted by Gasteiger charge is 2.31. The molecule has 0 amide bonds. The Morgan fingerprint density at radius 3 is 2.80 bits per heavy atom. The van der Waals surface area contributed by atoms with E-state index in [2.05, 4.69) is 6.92 Å². The zero-order chi connectivity index (χ0) is 7.40. The van der Waals surface area contributed by atoms with Crippen LogP contribution in [-0.2, 0) is 9.47 Å². The standard InChI is InChI=1S/C8H16O2/c1-3-4-5-7(9-2)8-6-10-8/h7-8H,3-6H2,1-2H3. The fourth-order valence-corrected chi connectivity index (χ4v) is 1.13. The fourth-order valence-electron chi connectivity index (χ4n) is 1.13. The highest BCUT2D eigenvalue weighted by molar-refractivity contribution is 4.79. The van der Waals surface area contributed by atoms with Gasteiger partial charge in [0.1, 0.15) is 6.10 Å². The largest absolute Gasteiger partial charge is 0.379 e. The van der Waals surface area contributed by atoms with Gasteiger partial charge in [-0.3, -0.25) is 0 Å². The molecule has 1 aliphatic rings. The van der Waals surface area contributed by atoms with E-state index < -0.39 is 0 Å². The summed E-state index contributed by atoms with van der Waals surface area (Å²) >= 11 is 0. The van der Waals surface area contributed by atoms with Gasteiger partial charge in [0.15, 0.2) is 0 Å². The van der Waals surface area contributed by atoms with Gasteiger partial charge in [0.25, 0.3) is 0 Å². The van der Waals surface area contributed by atoms with E-state index in [0.717, 1.165) is 13.0 Å². The van der Waals surface area contributed by atoms with Crippen LogP contribution in [0.5, 0.6) is 0 Å². The van der Waals surface area contributed by atoms with Gasteiger partial charge in [0.05, 0.1) is 12.7 Å². The van der Waals surface area contributed by atoms with Gasteiger partial charge in [-0.05, 0) is 6.42 Å². The third-order valence-corrected chi connectivity index (χ3v) is 1.92. The van der Waals surface area contributed by atoms with Gasteiger partial charge in [-0.2, -0.15) is 0 Å². The van der Waals surface area contributed by atoms with Crippen LogP contribution in [0.15, 0.2) is 0 Å². The van der Waals surface area contributed by atoms with E-state index >= 15 is 0 Å². The van der Waals surface area contributed by atoms with Crippen LogP contribution in [0.3, 0.4) is 0 Å². The number of hydrogen-bond donors (Lipinski definition) is 0. The minimum atomic E-state index is 0.361. The smallest absolute Gasteiger partial charge is 0.107 e. The molecule has 0 radical (unpaired) electrons. The Balaban J connectivity index is 2.07. The third kappa shape index (κ3) is 2.27. The molecule has 0 aromatic carbocycles. The maximum atomic E-state index is 5.25. The summed E-state index contributed by atoms with van der Waals surface area (Å²) in [5.74, 6) is 0. The SMILES string of the molecule is CCCCC(OC)C1CO1. The van der Waals surface area contributed by atoms with E-state index in [4.69, 9.17) is 9.47 Å². The molecular formula is C8H16O2. The van der Waals surface area contributed by atoms with Crippen LogP contribution < -0.4 is 0 Å². The highest BCUT2D eigenvalue weighted by Crippen LogP contribution is 2.20. The van der Waals surface area contributed by atoms with Crippen LogP contribution in [0.4, 0.5) is 0 Å². The number of hydrogen-bond acceptors (Lipinski definition) is 2. The average molecular weight is 144 g/mol. The van der Waals surface area contributed by atoms with E-state index in [-0.39, 0.29) is 0 Å². The van der Waals surface area contributed by atoms with Gasteiger partial charge in [0, 0.05) is 7.11 Å². The van der Waals surface area contributed by atoms with E-state index in [1.54, 1.807) is 7.11 Å². The maximum absolute atomic E-state index is 5.25. The number of rotatable bonds is 5. The molecule has 0 bridgehead atoms. The lowest BCUT2D eigenvalue weighted by Gasteiger charge is -2.10. The van der Waals surface area contributed by atoms with Gasteiger partial charge in [-0.25, -0.2) is 0 Å². The molecule has 0 aliphatic carbocycles. The van der Waals surface area contributed by atoms with Crippen molar-refractivity contribution in [2.75, 3.05) is 13.7 Å². The average Bonchev–Trinajstić information content (AvgIpc) is 2.73. The molecular weight excluding hydrogens is 128 g/mol. The molecule has 1 fully saturated rings. The van der Waals surface area contributed by atoms with Gasteiger partial charge in [-0.15, -0.1) is 0 Å². The van der Waals surface area contributed by atoms with Crippen molar-refractivity contribution in [2.45, 2.75) is 38.4 Å². The maximum Gasteiger partial charge on any atom is 0.107 e. The quantitative estimate of drug-likeness (QED) is 0.546. The molecule has 0 spiro atoms. The molecule has 0 saturated carbocycles. The van der Waals surface area contributed by atoms with Crippen LogP contribution in [0.25, 0.3) is 0 Å². The van der Waals surface area contributed by atoms with Crippen molar-refractivity contribution in [3.63, 3.8) is 0 Å². The first-order chi connectivity index (χ1) is 4.88. The van der Waals surface area contributed by atoms with Gasteiger partial charge in [-0.1, -0.05) is 19.8 Å². The van der Waals surface area contributed by atoms with Crippen molar-refractivity contribution in [3.8, 4) is 0 Å². The normalized spacial score (nSPS) is 26.4. The van der Waals surface area contributed by atoms with Crippen molar-refractivity contribution in [3.05, 3.63) is 0 Å². The van der Waals surface area contributed by atoms with Crippen molar-refractivity contribution < 1.29 is 9.47 Å². The minimum absolute atomic E-state index is 0.361. The molecule has 2 heteroatoms. The monoisotopic (exact) mass is 144 g/mol. The summed E-state index contributed by atoms with van der Waals surface area (Å²) in [6.07, 6.45) is 4.42. The predicted octanol–water partition coefficient (Wildman–Crippen LogP) is 1.59. The minimum Gasteiger partial charge on any atom is -0.379 e. The van der Waals surface area contributed by atoms with Crippen LogP contribution in [0.1, 0.15) is 26.2 Å². The number of unbranched alkanes of at least 4 members (excludes halogenated alkanes) is 1. The molecule has 0 aromatic heterocycles. The summed E-state index contributed by atoms with van der Waals surface area (Å²) in [5.41, 5.74) is 0. The summed E-state index contributed by atoms with van der Waals surface area (Å²) in [4.78, 5) is 0. The summed E-state index contributed by atoms with van der Waals surface area (Å²) in [7, 11) is 1.77. The van der Waals surface area contributed by atoms with Crippen LogP contribution in [0, 0.1) is 0 Å². The van der Waals surface area contributed by atoms with Crippen LogP contribution in [0.2, 0.25) is 0 Å². The lowest BCUT2D eigenvalue weighted by molar-refractivity contribution is 0.0677. The fraction of sp³-hybridized carbons (Fsp3) is 1.00. The van der Waals surface area contributed by atoms with Gasteiger partial charge >= 0.3 is 0 Å². The lowest BCUT2D eigenvalue weighted by Crippen LogP contribution is -2.17. The van der Waals surface area contributed by atoms with E-state index in [1.807, 2.05) is 0 Å². The van der Waals surface area contributed by atoms with Crippen LogP contribution in [-0.4, -0.2) is 25.9 Å². The van der Waals surface area contributed by atoms with Crippen molar-refractivity contribution in [1.82, 2.24) is 0 Å². The Labute approximate surface area is 62.5 Å². The molecule has 1 heterocycles. The van der Waals surface area contributed by atoms with Crippen LogP contribution >= 0.6 is 0 Å². The summed E-state index contributed by atoms with van der Waals surface area (Å²) < 4.78 is 10.4. The second-order valence-electron chi connectivity index (χ2n) is 2.79. The van der Waals surface area contributed by atoms with Gasteiger partial charge < -0.3 is 9.47 Å². The Morgan fingerprint density at radius 1 is 1.70 bits per heavy atom. The number of methoxy groups -OCH3 is 1. The van der Waals surface area contributed by atoms with E-state index in [0.29, 0.717) is 12.2 Å². The first-order valence-corrected chi connectivity index (χ1v) is 4.03. The molecule has 2 unspecified atom stereocenters. The summed E-state index contributed by atoms with van der Waals surface area (Å²) in [6, 6.07) is 0. The zero-order valence-corrected chi connectivity index (χ0v) is 6.80. The molecule has 1 saturated heterocycles. The topological polar surface area (TPSA) is 21.8 Å². The molecule has 2 nitrogen and oxygen atoms in total. The Bertz CT molecular complexity index is 89.3. The van der Waals surface area contributed by atoms with E-state index in [1.165, 1.54) is 12.8 Å². The zero-order valence-electron chi connectivity index (χ0n) is 6.80. The van der Waals surface area contributed by atoms with Crippen molar-refractivity contribution >= 4 is 0 Å². The lowest BCUT2D eigenvalue weighted by atomic mass is 10.1. The summed E-state index contributed by atoms with van der Waals surface area (Å²) in [5, 5.41) is 0. The molecule has 0 N–H and O–H groups in total. The van der Waals surface area contributed by atoms with Crippen molar-refractivity contribution in [2.24, 2.45) is 0 Å². The summed E-state index contributed by atoms with van der Waals surface area (Å²) in [6.45, 7) is 3.10. The highest BCUT2D eigenvalue weighted by atomic mass is 16.6. The molecule has 0 aromatic rings. The molecule has 10 heavy (non-hydrogen) atoms. The molecule has 2 atom stereocenters. The predicted molar refractivity (Wildman–Crippen MR) is 40.1 cm³/mol. The number of ether oxygens (including phenoxy) is 2. The molecule has 1 aliphatic heterocycles. The second kappa shape index (κ2) is 3.94. The first kappa shape index (κ1) is 8.02. The van der Waals surface area contributed by atoms with Crippen molar-refractivity contribution in [1.29, 1.82) is 0 Å². The molecule has 1 rings (SSSR count). The van der Waals surface area contributed by atoms with Gasteiger partial charge in [0.2, 0.25) is 0 Å². The Kier molecular flexibility index (Phi) is 3.16. The van der Waals surface area contributed by atoms with E-state index in [9.17, 15) is 0 Å². The molecule has 60 valence electrons. The third-order valence-electron chi connectivity index (χ3n) is 1.92. The first-order valence-electron chi connectivity index (χ1n) is 4.03. The Morgan fingerprint density at radius 2 is 2.40 bits per heavy atom.